The van der Waals surface area contributed by atoms with Gasteiger partial charge in [-0.1, -0.05) is 18.2 Å². The molecule has 2 heterocycles. The summed E-state index contributed by atoms with van der Waals surface area (Å²) in [7, 11) is 0. The summed E-state index contributed by atoms with van der Waals surface area (Å²) >= 11 is 0. The molecule has 0 saturated heterocycles. The van der Waals surface area contributed by atoms with Gasteiger partial charge in [-0.15, -0.1) is 10.2 Å². The van der Waals surface area contributed by atoms with Gasteiger partial charge in [0.15, 0.2) is 5.82 Å². The molecule has 0 atom stereocenters. The number of amides is 1. The van der Waals surface area contributed by atoms with E-state index in [0.29, 0.717) is 47.6 Å². The molecule has 0 fully saturated rings. The number of hydrogen-bond acceptors (Lipinski definition) is 5. The minimum atomic E-state index is -0.373. The molecule has 1 N–H and O–H groups in total. The van der Waals surface area contributed by atoms with Gasteiger partial charge in [-0.3, -0.25) is 4.79 Å². The summed E-state index contributed by atoms with van der Waals surface area (Å²) in [6, 6.07) is 11.8. The van der Waals surface area contributed by atoms with Crippen LogP contribution in [0.3, 0.4) is 0 Å². The number of nitrogens with one attached hydrogen (secondary N) is 1. The monoisotopic (exact) mass is 335 g/mol. The van der Waals surface area contributed by atoms with Crippen molar-refractivity contribution in [3.63, 3.8) is 0 Å². The maximum Gasteiger partial charge on any atom is 0.296 e. The van der Waals surface area contributed by atoms with Crippen LogP contribution < -0.4 is 5.32 Å². The number of benzene rings is 2. The van der Waals surface area contributed by atoms with E-state index >= 15 is 0 Å². The van der Waals surface area contributed by atoms with E-state index in [9.17, 15) is 9.18 Å². The van der Waals surface area contributed by atoms with Gasteiger partial charge in [-0.05, 0) is 42.8 Å². The van der Waals surface area contributed by atoms with Crippen LogP contribution in [0.2, 0.25) is 0 Å². The summed E-state index contributed by atoms with van der Waals surface area (Å²) < 4.78 is 13.2. The highest BCUT2D eigenvalue weighted by atomic mass is 19.1. The average molecular weight is 335 g/mol. The van der Waals surface area contributed by atoms with Gasteiger partial charge in [-0.25, -0.2) is 14.4 Å². The van der Waals surface area contributed by atoms with Gasteiger partial charge < -0.3 is 5.32 Å². The summed E-state index contributed by atoms with van der Waals surface area (Å²) in [4.78, 5) is 20.6. The molecule has 1 aromatic heterocycles. The van der Waals surface area contributed by atoms with Crippen LogP contribution in [0.15, 0.2) is 52.7 Å². The van der Waals surface area contributed by atoms with E-state index in [1.165, 1.54) is 12.1 Å². The second-order valence-corrected chi connectivity index (χ2v) is 5.72. The molecule has 124 valence electrons. The van der Waals surface area contributed by atoms with E-state index in [-0.39, 0.29) is 11.7 Å². The SMILES string of the molecule is O=C1N=Nc2nc(CNCCc3cccc(F)c3)nc3cccc1c23. The Morgan fingerprint density at radius 2 is 1.92 bits per heavy atom. The third-order valence-electron chi connectivity index (χ3n) is 3.98. The van der Waals surface area contributed by atoms with Crippen molar-refractivity contribution in [3.05, 3.63) is 65.2 Å². The van der Waals surface area contributed by atoms with Crippen molar-refractivity contribution in [1.29, 1.82) is 0 Å². The summed E-state index contributed by atoms with van der Waals surface area (Å²) in [5.74, 6) is 0.391. The van der Waals surface area contributed by atoms with E-state index < -0.39 is 0 Å². The van der Waals surface area contributed by atoms with Crippen molar-refractivity contribution in [2.45, 2.75) is 13.0 Å². The summed E-state index contributed by atoms with van der Waals surface area (Å²) in [6.45, 7) is 1.12. The fraction of sp³-hybridized carbons (Fsp3) is 0.167. The molecule has 0 saturated carbocycles. The lowest BCUT2D eigenvalue weighted by Gasteiger charge is -2.11. The smallest absolute Gasteiger partial charge is 0.296 e. The Kier molecular flexibility index (Phi) is 3.99. The molecule has 1 amide bonds. The summed E-state index contributed by atoms with van der Waals surface area (Å²) in [5.41, 5.74) is 2.09. The van der Waals surface area contributed by atoms with Crippen LogP contribution >= 0.6 is 0 Å². The van der Waals surface area contributed by atoms with Crippen molar-refractivity contribution in [2.75, 3.05) is 6.54 Å². The van der Waals surface area contributed by atoms with Crippen LogP contribution in [0.1, 0.15) is 21.7 Å². The lowest BCUT2D eigenvalue weighted by atomic mass is 10.1. The molecule has 0 unspecified atom stereocenters. The third kappa shape index (κ3) is 3.14. The van der Waals surface area contributed by atoms with E-state index in [1.807, 2.05) is 12.1 Å². The number of aromatic nitrogens is 2. The fourth-order valence-corrected chi connectivity index (χ4v) is 2.81. The van der Waals surface area contributed by atoms with Crippen molar-refractivity contribution < 1.29 is 9.18 Å². The summed E-state index contributed by atoms with van der Waals surface area (Å²) in [6.07, 6.45) is 0.705. The molecule has 4 rings (SSSR count). The number of nitrogens with zero attached hydrogens (tertiary/aromatic N) is 4. The first-order chi connectivity index (χ1) is 12.2. The zero-order valence-corrected chi connectivity index (χ0v) is 13.2. The highest BCUT2D eigenvalue weighted by molar-refractivity contribution is 6.11. The van der Waals surface area contributed by atoms with Gasteiger partial charge in [0.25, 0.3) is 5.91 Å². The molecule has 0 spiro atoms. The van der Waals surface area contributed by atoms with E-state index in [2.05, 4.69) is 25.5 Å². The van der Waals surface area contributed by atoms with Crippen molar-refractivity contribution in [1.82, 2.24) is 15.3 Å². The lowest BCUT2D eigenvalue weighted by Crippen LogP contribution is -2.18. The second kappa shape index (κ2) is 6.45. The lowest BCUT2D eigenvalue weighted by molar-refractivity contribution is 0.0995. The first-order valence-corrected chi connectivity index (χ1v) is 7.91. The van der Waals surface area contributed by atoms with Crippen molar-refractivity contribution in [2.24, 2.45) is 10.2 Å². The molecule has 2 aromatic carbocycles. The van der Waals surface area contributed by atoms with Gasteiger partial charge in [-0.2, -0.15) is 0 Å². The fourth-order valence-electron chi connectivity index (χ4n) is 2.81. The topological polar surface area (TPSA) is 79.6 Å². The van der Waals surface area contributed by atoms with Gasteiger partial charge in [0.2, 0.25) is 0 Å². The predicted octanol–water partition coefficient (Wildman–Crippen LogP) is 3.34. The van der Waals surface area contributed by atoms with Gasteiger partial charge >= 0.3 is 0 Å². The molecule has 0 aliphatic carbocycles. The standard InChI is InChI=1S/C18H14FN5O/c19-12-4-1-3-11(9-12)7-8-20-10-15-21-14-6-2-5-13-16(14)17(22-15)23-24-18(13)25/h1-6,9,20H,7-8,10H2. The Balaban J connectivity index is 1.48. The zero-order chi connectivity index (χ0) is 17.2. The zero-order valence-electron chi connectivity index (χ0n) is 13.2. The number of azo groups is 1. The molecular formula is C18H14FN5O. The Morgan fingerprint density at radius 1 is 1.04 bits per heavy atom. The van der Waals surface area contributed by atoms with Crippen LogP contribution in [-0.2, 0) is 13.0 Å². The number of carbonyl (C=O) groups is 1. The maximum absolute atomic E-state index is 13.2. The van der Waals surface area contributed by atoms with E-state index in [1.54, 1.807) is 18.2 Å². The van der Waals surface area contributed by atoms with Crippen LogP contribution in [0.25, 0.3) is 10.9 Å². The highest BCUT2D eigenvalue weighted by Crippen LogP contribution is 2.30. The molecule has 25 heavy (non-hydrogen) atoms. The molecule has 7 heteroatoms. The van der Waals surface area contributed by atoms with Gasteiger partial charge in [0.1, 0.15) is 11.6 Å². The Hall–Kier alpha value is -3.06. The van der Waals surface area contributed by atoms with Gasteiger partial charge in [0.05, 0.1) is 23.0 Å². The van der Waals surface area contributed by atoms with Crippen LogP contribution in [0.4, 0.5) is 10.2 Å². The Labute approximate surface area is 142 Å². The quantitative estimate of drug-likeness (QED) is 0.725. The largest absolute Gasteiger partial charge is 0.310 e. The molecule has 0 radical (unpaired) electrons. The first-order valence-electron chi connectivity index (χ1n) is 7.91. The average Bonchev–Trinajstić information content (AvgIpc) is 2.62. The first kappa shape index (κ1) is 15.5. The number of carbonyl (C=O) groups excluding carboxylic acids is 1. The third-order valence-corrected chi connectivity index (χ3v) is 3.98. The van der Waals surface area contributed by atoms with Gasteiger partial charge in [0, 0.05) is 0 Å². The molecule has 0 bridgehead atoms. The highest BCUT2D eigenvalue weighted by Gasteiger charge is 2.19. The van der Waals surface area contributed by atoms with Crippen molar-refractivity contribution in [3.8, 4) is 0 Å². The minimum absolute atomic E-state index is 0.231. The normalized spacial score (nSPS) is 12.8. The Morgan fingerprint density at radius 3 is 2.80 bits per heavy atom. The molecule has 1 aliphatic rings. The second-order valence-electron chi connectivity index (χ2n) is 5.72. The summed E-state index contributed by atoms with van der Waals surface area (Å²) in [5, 5.41) is 11.4. The molecule has 1 aliphatic heterocycles. The van der Waals surface area contributed by atoms with Crippen LogP contribution in [-0.4, -0.2) is 22.4 Å². The number of rotatable bonds is 5. The van der Waals surface area contributed by atoms with Crippen molar-refractivity contribution >= 4 is 22.6 Å². The minimum Gasteiger partial charge on any atom is -0.310 e. The number of hydrogen-bond donors (Lipinski definition) is 1. The predicted molar refractivity (Wildman–Crippen MR) is 90.2 cm³/mol. The molecular weight excluding hydrogens is 321 g/mol. The Bertz CT molecular complexity index is 1000. The molecule has 6 nitrogen and oxygen atoms in total. The molecule has 3 aromatic rings. The van der Waals surface area contributed by atoms with E-state index in [0.717, 1.165) is 5.56 Å². The van der Waals surface area contributed by atoms with E-state index in [4.69, 9.17) is 0 Å². The van der Waals surface area contributed by atoms with Crippen LogP contribution in [0, 0.1) is 5.82 Å². The number of halogens is 1. The van der Waals surface area contributed by atoms with Crippen LogP contribution in [0.5, 0.6) is 0 Å². The maximum atomic E-state index is 13.2.